The Labute approximate surface area is 165 Å². The second kappa shape index (κ2) is 9.48. The van der Waals surface area contributed by atoms with E-state index in [0.29, 0.717) is 11.3 Å². The number of sulfonamides is 1. The molecule has 0 aliphatic heterocycles. The Bertz CT molecular complexity index is 953. The summed E-state index contributed by atoms with van der Waals surface area (Å²) in [5.41, 5.74) is 2.79. The van der Waals surface area contributed by atoms with E-state index >= 15 is 0 Å². The van der Waals surface area contributed by atoms with Crippen molar-refractivity contribution in [3.05, 3.63) is 59.2 Å². The zero-order chi connectivity index (χ0) is 20.7. The number of benzene rings is 2. The fourth-order valence-electron chi connectivity index (χ4n) is 2.39. The van der Waals surface area contributed by atoms with Crippen LogP contribution in [0, 0.1) is 13.8 Å². The van der Waals surface area contributed by atoms with Crippen molar-refractivity contribution in [1.29, 1.82) is 0 Å². The van der Waals surface area contributed by atoms with Crippen LogP contribution in [0.15, 0.2) is 47.4 Å². The monoisotopic (exact) mass is 404 g/mol. The number of anilines is 1. The average molecular weight is 404 g/mol. The minimum atomic E-state index is -3.67. The molecule has 0 aromatic heterocycles. The average Bonchev–Trinajstić information content (AvgIpc) is 2.64. The van der Waals surface area contributed by atoms with Gasteiger partial charge in [0.2, 0.25) is 15.9 Å². The van der Waals surface area contributed by atoms with Crippen molar-refractivity contribution in [3.8, 4) is 0 Å². The normalized spacial score (nSPS) is 11.1. The van der Waals surface area contributed by atoms with Crippen molar-refractivity contribution in [2.45, 2.75) is 32.1 Å². The van der Waals surface area contributed by atoms with E-state index in [-0.39, 0.29) is 30.4 Å². The number of rotatable bonds is 8. The second-order valence-electron chi connectivity index (χ2n) is 6.24. The summed E-state index contributed by atoms with van der Waals surface area (Å²) in [5, 5.41) is 2.66. The molecule has 28 heavy (non-hydrogen) atoms. The molecule has 0 unspecified atom stereocenters. The molecule has 0 radical (unpaired) electrons. The molecule has 2 rings (SSSR count). The lowest BCUT2D eigenvalue weighted by Gasteiger charge is -2.09. The molecule has 0 aliphatic rings. The molecule has 2 N–H and O–H groups in total. The molecule has 1 amide bonds. The molecule has 0 bridgehead atoms. The topological polar surface area (TPSA) is 102 Å². The molecule has 0 saturated heterocycles. The summed E-state index contributed by atoms with van der Waals surface area (Å²) in [5.74, 6) is -0.771. The highest BCUT2D eigenvalue weighted by molar-refractivity contribution is 7.89. The van der Waals surface area contributed by atoms with Crippen molar-refractivity contribution in [2.24, 2.45) is 0 Å². The van der Waals surface area contributed by atoms with Gasteiger partial charge in [-0.15, -0.1) is 0 Å². The maximum absolute atomic E-state index is 12.3. The van der Waals surface area contributed by atoms with Crippen LogP contribution in [0.3, 0.4) is 0 Å². The first-order valence-corrected chi connectivity index (χ1v) is 10.3. The van der Waals surface area contributed by atoms with Crippen molar-refractivity contribution in [3.63, 3.8) is 0 Å². The fourth-order valence-corrected chi connectivity index (χ4v) is 3.51. The Kier molecular flexibility index (Phi) is 7.31. The third-order valence-corrected chi connectivity index (χ3v) is 5.57. The van der Waals surface area contributed by atoms with Crippen LogP contribution >= 0.6 is 0 Å². The minimum Gasteiger partial charge on any atom is -0.462 e. The maximum Gasteiger partial charge on any atom is 0.338 e. The molecule has 0 aliphatic carbocycles. The van der Waals surface area contributed by atoms with Gasteiger partial charge in [0, 0.05) is 18.7 Å². The number of ether oxygens (including phenoxy) is 1. The Hall–Kier alpha value is -2.71. The van der Waals surface area contributed by atoms with E-state index in [1.807, 2.05) is 13.8 Å². The largest absolute Gasteiger partial charge is 0.462 e. The smallest absolute Gasteiger partial charge is 0.338 e. The number of hydrogen-bond donors (Lipinski definition) is 2. The molecule has 0 spiro atoms. The van der Waals surface area contributed by atoms with Gasteiger partial charge >= 0.3 is 5.97 Å². The lowest BCUT2D eigenvalue weighted by Crippen LogP contribution is -2.28. The van der Waals surface area contributed by atoms with E-state index in [9.17, 15) is 18.0 Å². The summed E-state index contributed by atoms with van der Waals surface area (Å²) < 4.78 is 31.9. The highest BCUT2D eigenvalue weighted by atomic mass is 32.2. The van der Waals surface area contributed by atoms with Crippen LogP contribution < -0.4 is 10.0 Å². The Balaban J connectivity index is 1.86. The first-order chi connectivity index (χ1) is 13.2. The first kappa shape index (κ1) is 21.6. The molecule has 0 heterocycles. The van der Waals surface area contributed by atoms with Gasteiger partial charge < -0.3 is 10.1 Å². The van der Waals surface area contributed by atoms with E-state index in [1.54, 1.807) is 43.3 Å². The zero-order valence-corrected chi connectivity index (χ0v) is 16.9. The Morgan fingerprint density at radius 2 is 1.68 bits per heavy atom. The highest BCUT2D eigenvalue weighted by Gasteiger charge is 2.15. The molecule has 2 aromatic carbocycles. The first-order valence-electron chi connectivity index (χ1n) is 8.87. The molecular formula is C20H24N2O5S. The van der Waals surface area contributed by atoms with E-state index in [0.717, 1.165) is 11.1 Å². The predicted molar refractivity (Wildman–Crippen MR) is 107 cm³/mol. The second-order valence-corrected chi connectivity index (χ2v) is 8.01. The van der Waals surface area contributed by atoms with Gasteiger partial charge in [0.15, 0.2) is 0 Å². The summed E-state index contributed by atoms with van der Waals surface area (Å²) in [6.45, 7) is 5.73. The predicted octanol–water partition coefficient (Wildman–Crippen LogP) is 2.79. The molecule has 0 saturated carbocycles. The summed E-state index contributed by atoms with van der Waals surface area (Å²) in [4.78, 5) is 23.8. The lowest BCUT2D eigenvalue weighted by atomic mass is 10.1. The van der Waals surface area contributed by atoms with Gasteiger partial charge in [0.1, 0.15) is 0 Å². The minimum absolute atomic E-state index is 0.0241. The SMILES string of the molecule is CCOC(=O)c1ccc(NC(=O)CCNS(=O)(=O)c2ccc(C)c(C)c2)cc1. The van der Waals surface area contributed by atoms with Gasteiger partial charge in [-0.05, 0) is 68.3 Å². The number of carbonyl (C=O) groups excluding carboxylic acids is 2. The fraction of sp³-hybridized carbons (Fsp3) is 0.300. The zero-order valence-electron chi connectivity index (χ0n) is 16.1. The van der Waals surface area contributed by atoms with Crippen LogP contribution in [-0.4, -0.2) is 33.4 Å². The van der Waals surface area contributed by atoms with Gasteiger partial charge in [-0.3, -0.25) is 4.79 Å². The molecule has 8 heteroatoms. The van der Waals surface area contributed by atoms with Gasteiger partial charge in [0.25, 0.3) is 0 Å². The van der Waals surface area contributed by atoms with Crippen molar-refractivity contribution >= 4 is 27.6 Å². The highest BCUT2D eigenvalue weighted by Crippen LogP contribution is 2.15. The van der Waals surface area contributed by atoms with E-state index in [1.165, 1.54) is 6.07 Å². The van der Waals surface area contributed by atoms with Crippen LogP contribution in [0.4, 0.5) is 5.69 Å². The summed E-state index contributed by atoms with van der Waals surface area (Å²) in [6, 6.07) is 11.2. The third-order valence-electron chi connectivity index (χ3n) is 4.11. The number of aryl methyl sites for hydroxylation is 2. The lowest BCUT2D eigenvalue weighted by molar-refractivity contribution is -0.116. The Morgan fingerprint density at radius 1 is 1.00 bits per heavy atom. The van der Waals surface area contributed by atoms with Crippen LogP contribution in [0.2, 0.25) is 0 Å². The molecular weight excluding hydrogens is 380 g/mol. The van der Waals surface area contributed by atoms with Gasteiger partial charge in [-0.2, -0.15) is 0 Å². The Morgan fingerprint density at radius 3 is 2.29 bits per heavy atom. The van der Waals surface area contributed by atoms with Crippen molar-refractivity contribution < 1.29 is 22.7 Å². The summed E-state index contributed by atoms with van der Waals surface area (Å²) >= 11 is 0. The van der Waals surface area contributed by atoms with E-state index in [2.05, 4.69) is 10.0 Å². The van der Waals surface area contributed by atoms with Crippen molar-refractivity contribution in [2.75, 3.05) is 18.5 Å². The van der Waals surface area contributed by atoms with Crippen LogP contribution in [0.25, 0.3) is 0 Å². The van der Waals surface area contributed by atoms with Crippen LogP contribution in [0.5, 0.6) is 0 Å². The van der Waals surface area contributed by atoms with Crippen LogP contribution in [-0.2, 0) is 19.6 Å². The van der Waals surface area contributed by atoms with Gasteiger partial charge in [-0.25, -0.2) is 17.9 Å². The molecule has 7 nitrogen and oxygen atoms in total. The number of esters is 1. The quantitative estimate of drug-likeness (QED) is 0.659. The molecule has 2 aromatic rings. The van der Waals surface area contributed by atoms with Crippen molar-refractivity contribution in [1.82, 2.24) is 4.72 Å². The summed E-state index contributed by atoms with van der Waals surface area (Å²) in [7, 11) is -3.67. The van der Waals surface area contributed by atoms with Crippen LogP contribution in [0.1, 0.15) is 34.8 Å². The maximum atomic E-state index is 12.3. The molecule has 0 atom stereocenters. The number of hydrogen-bond acceptors (Lipinski definition) is 5. The van der Waals surface area contributed by atoms with Gasteiger partial charge in [-0.1, -0.05) is 6.07 Å². The molecule has 150 valence electrons. The van der Waals surface area contributed by atoms with E-state index < -0.39 is 16.0 Å². The number of nitrogens with one attached hydrogen (secondary N) is 2. The standard InChI is InChI=1S/C20H24N2O5S/c1-4-27-20(24)16-6-8-17(9-7-16)22-19(23)11-12-21-28(25,26)18-10-5-14(2)15(3)13-18/h5-10,13,21H,4,11-12H2,1-3H3,(H,22,23). The molecule has 0 fully saturated rings. The van der Waals surface area contributed by atoms with E-state index in [4.69, 9.17) is 4.74 Å². The third kappa shape index (κ3) is 5.90. The number of amides is 1. The summed E-state index contributed by atoms with van der Waals surface area (Å²) in [6.07, 6.45) is -0.0241. The van der Waals surface area contributed by atoms with Gasteiger partial charge in [0.05, 0.1) is 17.1 Å². The number of carbonyl (C=O) groups is 2.